The number of furan rings is 1. The van der Waals surface area contributed by atoms with Gasteiger partial charge in [0.25, 0.3) is 0 Å². The van der Waals surface area contributed by atoms with Crippen molar-refractivity contribution in [3.05, 3.63) is 23.7 Å². The minimum absolute atomic E-state index is 0.00933. The van der Waals surface area contributed by atoms with Gasteiger partial charge in [0.2, 0.25) is 0 Å². The molecule has 12 heavy (non-hydrogen) atoms. The largest absolute Gasteiger partial charge is 0.461 e. The van der Waals surface area contributed by atoms with Crippen LogP contribution in [0.3, 0.4) is 0 Å². The van der Waals surface area contributed by atoms with E-state index in [0.29, 0.717) is 5.76 Å². The van der Waals surface area contributed by atoms with Gasteiger partial charge in [-0.2, -0.15) is 0 Å². The molecule has 1 aromatic heterocycles. The molecule has 0 saturated heterocycles. The molecule has 0 bridgehead atoms. The van der Waals surface area contributed by atoms with Crippen LogP contribution in [0.4, 0.5) is 0 Å². The fraction of sp³-hybridized carbons (Fsp3) is 0.500. The van der Waals surface area contributed by atoms with Gasteiger partial charge in [-0.25, -0.2) is 0 Å². The van der Waals surface area contributed by atoms with E-state index in [1.807, 2.05) is 6.07 Å². The number of rotatable bonds is 1. The number of hydrogen-bond acceptors (Lipinski definition) is 2. The average Bonchev–Trinajstić information content (AvgIpc) is 2.30. The van der Waals surface area contributed by atoms with Crippen LogP contribution in [0.2, 0.25) is 0 Å². The third kappa shape index (κ3) is 1.58. The van der Waals surface area contributed by atoms with Gasteiger partial charge < -0.3 is 4.42 Å². The van der Waals surface area contributed by atoms with E-state index < -0.39 is 0 Å². The molecule has 0 aliphatic rings. The number of carbonyl (C=O) groups is 1. The first-order valence-electron chi connectivity index (χ1n) is 4.02. The van der Waals surface area contributed by atoms with Crippen molar-refractivity contribution in [2.24, 2.45) is 0 Å². The summed E-state index contributed by atoms with van der Waals surface area (Å²) in [4.78, 5) is 11.1. The predicted octanol–water partition coefficient (Wildman–Crippen LogP) is 2.78. The molecule has 0 aromatic carbocycles. The zero-order chi connectivity index (χ0) is 9.35. The minimum atomic E-state index is -0.0198. The Bertz CT molecular complexity index is 289. The summed E-state index contributed by atoms with van der Waals surface area (Å²) in [5.41, 5.74) is 0.962. The summed E-state index contributed by atoms with van der Waals surface area (Å²) in [5, 5.41) is 0. The van der Waals surface area contributed by atoms with Crippen LogP contribution in [0.1, 0.15) is 43.8 Å². The fourth-order valence-electron chi connectivity index (χ4n) is 1.17. The summed E-state index contributed by atoms with van der Waals surface area (Å²) in [7, 11) is 0. The monoisotopic (exact) mass is 166 g/mol. The first-order valence-corrected chi connectivity index (χ1v) is 4.02. The first kappa shape index (κ1) is 9.04. The molecule has 1 rings (SSSR count). The van der Waals surface area contributed by atoms with Crippen LogP contribution in [0.15, 0.2) is 16.7 Å². The molecule has 0 radical (unpaired) electrons. The van der Waals surface area contributed by atoms with Crippen molar-refractivity contribution in [3.63, 3.8) is 0 Å². The van der Waals surface area contributed by atoms with Crippen molar-refractivity contribution in [2.45, 2.75) is 33.1 Å². The highest BCUT2D eigenvalue weighted by atomic mass is 16.3. The Balaban J connectivity index is 3.17. The van der Waals surface area contributed by atoms with E-state index in [1.54, 1.807) is 6.26 Å². The lowest BCUT2D eigenvalue weighted by molar-refractivity contribution is 0.0984. The molecule has 1 aromatic rings. The number of Topliss-reactive ketones (excluding diaryl/α,β-unsaturated/α-hetero) is 1. The zero-order valence-corrected chi connectivity index (χ0v) is 7.97. The molecule has 2 nitrogen and oxygen atoms in total. The van der Waals surface area contributed by atoms with Crippen LogP contribution in [0.25, 0.3) is 0 Å². The molecule has 1 heterocycles. The van der Waals surface area contributed by atoms with Gasteiger partial charge in [-0.1, -0.05) is 20.8 Å². The Morgan fingerprint density at radius 2 is 2.00 bits per heavy atom. The maximum Gasteiger partial charge on any atom is 0.195 e. The average molecular weight is 166 g/mol. The second-order valence-corrected chi connectivity index (χ2v) is 3.97. The van der Waals surface area contributed by atoms with E-state index in [9.17, 15) is 4.79 Å². The quantitative estimate of drug-likeness (QED) is 0.600. The smallest absolute Gasteiger partial charge is 0.195 e. The molecule has 0 atom stereocenters. The Morgan fingerprint density at radius 3 is 2.33 bits per heavy atom. The highest BCUT2D eigenvalue weighted by molar-refractivity contribution is 5.93. The van der Waals surface area contributed by atoms with Gasteiger partial charge in [0.1, 0.15) is 0 Å². The second-order valence-electron chi connectivity index (χ2n) is 3.97. The maximum atomic E-state index is 11.1. The first-order chi connectivity index (χ1) is 5.43. The summed E-state index contributed by atoms with van der Waals surface area (Å²) >= 11 is 0. The van der Waals surface area contributed by atoms with Crippen molar-refractivity contribution in [1.82, 2.24) is 0 Å². The van der Waals surface area contributed by atoms with Crippen molar-refractivity contribution < 1.29 is 9.21 Å². The summed E-state index contributed by atoms with van der Waals surface area (Å²) < 4.78 is 5.10. The lowest BCUT2D eigenvalue weighted by Crippen LogP contribution is -2.13. The van der Waals surface area contributed by atoms with E-state index in [0.717, 1.165) is 5.56 Å². The molecular weight excluding hydrogens is 152 g/mol. The zero-order valence-electron chi connectivity index (χ0n) is 7.97. The van der Waals surface area contributed by atoms with E-state index >= 15 is 0 Å². The predicted molar refractivity (Wildman–Crippen MR) is 47.4 cm³/mol. The maximum absolute atomic E-state index is 11.1. The van der Waals surface area contributed by atoms with Crippen LogP contribution in [-0.2, 0) is 5.41 Å². The van der Waals surface area contributed by atoms with Crippen molar-refractivity contribution >= 4 is 5.78 Å². The van der Waals surface area contributed by atoms with Crippen molar-refractivity contribution in [1.29, 1.82) is 0 Å². The van der Waals surface area contributed by atoms with E-state index in [4.69, 9.17) is 4.42 Å². The number of hydrogen-bond donors (Lipinski definition) is 0. The van der Waals surface area contributed by atoms with Gasteiger partial charge >= 0.3 is 0 Å². The Morgan fingerprint density at radius 1 is 1.42 bits per heavy atom. The normalized spacial score (nSPS) is 11.7. The SMILES string of the molecule is CC(=O)c1occc1C(C)(C)C. The van der Waals surface area contributed by atoms with Crippen LogP contribution >= 0.6 is 0 Å². The van der Waals surface area contributed by atoms with Gasteiger partial charge in [-0.15, -0.1) is 0 Å². The Labute approximate surface area is 72.6 Å². The van der Waals surface area contributed by atoms with Gasteiger partial charge in [-0.05, 0) is 11.5 Å². The number of ketones is 1. The molecule has 0 N–H and O–H groups in total. The minimum Gasteiger partial charge on any atom is -0.461 e. The van der Waals surface area contributed by atoms with E-state index in [2.05, 4.69) is 20.8 Å². The lowest BCUT2D eigenvalue weighted by atomic mass is 9.86. The standard InChI is InChI=1S/C10H14O2/c1-7(11)9-8(5-6-12-9)10(2,3)4/h5-6H,1-4H3. The second kappa shape index (κ2) is 2.77. The summed E-state index contributed by atoms with van der Waals surface area (Å²) in [6.45, 7) is 7.70. The Hall–Kier alpha value is -1.05. The molecule has 0 spiro atoms. The number of carbonyl (C=O) groups excluding carboxylic acids is 1. The van der Waals surface area contributed by atoms with Crippen molar-refractivity contribution in [2.75, 3.05) is 0 Å². The van der Waals surface area contributed by atoms with Crippen LogP contribution in [0, 0.1) is 0 Å². The van der Waals surface area contributed by atoms with Gasteiger partial charge in [0.15, 0.2) is 11.5 Å². The molecule has 0 unspecified atom stereocenters. The van der Waals surface area contributed by atoms with Gasteiger partial charge in [-0.3, -0.25) is 4.79 Å². The summed E-state index contributed by atoms with van der Waals surface area (Å²) in [6, 6.07) is 1.86. The molecule has 0 aliphatic heterocycles. The van der Waals surface area contributed by atoms with Crippen LogP contribution in [0.5, 0.6) is 0 Å². The van der Waals surface area contributed by atoms with E-state index in [1.165, 1.54) is 6.92 Å². The third-order valence-corrected chi connectivity index (χ3v) is 1.79. The molecule has 0 aliphatic carbocycles. The molecule has 0 fully saturated rings. The third-order valence-electron chi connectivity index (χ3n) is 1.79. The highest BCUT2D eigenvalue weighted by Gasteiger charge is 2.22. The Kier molecular flexibility index (Phi) is 2.09. The van der Waals surface area contributed by atoms with Crippen molar-refractivity contribution in [3.8, 4) is 0 Å². The molecule has 2 heteroatoms. The summed E-state index contributed by atoms with van der Waals surface area (Å²) in [6.07, 6.45) is 1.57. The fourth-order valence-corrected chi connectivity index (χ4v) is 1.17. The summed E-state index contributed by atoms with van der Waals surface area (Å²) in [5.74, 6) is 0.479. The molecule has 66 valence electrons. The van der Waals surface area contributed by atoms with Gasteiger partial charge in [0, 0.05) is 12.5 Å². The van der Waals surface area contributed by atoms with Gasteiger partial charge in [0.05, 0.1) is 6.26 Å². The molecular formula is C10H14O2. The van der Waals surface area contributed by atoms with Crippen LogP contribution in [-0.4, -0.2) is 5.78 Å². The highest BCUT2D eigenvalue weighted by Crippen LogP contribution is 2.26. The molecule has 0 amide bonds. The van der Waals surface area contributed by atoms with E-state index in [-0.39, 0.29) is 11.2 Å². The van der Waals surface area contributed by atoms with Crippen LogP contribution < -0.4 is 0 Å². The lowest BCUT2D eigenvalue weighted by Gasteiger charge is -2.16. The topological polar surface area (TPSA) is 30.2 Å². The molecule has 0 saturated carbocycles.